The van der Waals surface area contributed by atoms with Gasteiger partial charge in [0.2, 0.25) is 0 Å². The molecule has 1 aromatic heterocycles. The number of benzene rings is 2. The van der Waals surface area contributed by atoms with Gasteiger partial charge in [-0.25, -0.2) is 4.79 Å². The van der Waals surface area contributed by atoms with Crippen LogP contribution in [0.4, 0.5) is 0 Å². The van der Waals surface area contributed by atoms with Gasteiger partial charge in [0, 0.05) is 30.1 Å². The van der Waals surface area contributed by atoms with E-state index in [0.717, 1.165) is 5.56 Å². The number of aromatic carboxylic acids is 1. The molecule has 0 unspecified atom stereocenters. The first-order valence-corrected chi connectivity index (χ1v) is 12.1. The average molecular weight is 506 g/mol. The molecule has 3 aromatic rings. The van der Waals surface area contributed by atoms with E-state index in [0.29, 0.717) is 52.1 Å². The lowest BCUT2D eigenvalue weighted by atomic mass is 9.79. The van der Waals surface area contributed by atoms with Gasteiger partial charge in [-0.1, -0.05) is 20.8 Å². The Morgan fingerprint density at radius 1 is 1.19 bits per heavy atom. The number of ketones is 1. The van der Waals surface area contributed by atoms with Crippen LogP contribution < -0.4 is 10.1 Å². The first kappa shape index (κ1) is 25.9. The fraction of sp³-hybridized carbons (Fsp3) is 0.357. The predicted molar refractivity (Wildman–Crippen MR) is 139 cm³/mol. The lowest BCUT2D eigenvalue weighted by Gasteiger charge is -2.25. The zero-order valence-electron chi connectivity index (χ0n) is 21.9. The number of aryl methyl sites for hydroxylation is 1. The third-order valence-corrected chi connectivity index (χ3v) is 6.54. The van der Waals surface area contributed by atoms with Gasteiger partial charge in [-0.05, 0) is 54.7 Å². The van der Waals surface area contributed by atoms with Crippen LogP contribution in [-0.2, 0) is 12.0 Å². The molecule has 0 saturated carbocycles. The molecule has 0 bridgehead atoms. The van der Waals surface area contributed by atoms with Crippen LogP contribution in [0, 0.1) is 12.3 Å². The summed E-state index contributed by atoms with van der Waals surface area (Å²) in [4.78, 5) is 39.8. The van der Waals surface area contributed by atoms with Crippen molar-refractivity contribution in [2.45, 2.75) is 46.6 Å². The Balaban J connectivity index is 1.73. The highest BCUT2D eigenvalue weighted by atomic mass is 16.5. The monoisotopic (exact) mass is 505 g/mol. The Kier molecular flexibility index (Phi) is 6.58. The first-order chi connectivity index (χ1) is 17.4. The maximum Gasteiger partial charge on any atom is 0.339 e. The number of fused-ring (bicyclic) bond motifs is 2. The van der Waals surface area contributed by atoms with Crippen molar-refractivity contribution in [1.82, 2.24) is 10.2 Å². The second kappa shape index (κ2) is 9.38. The van der Waals surface area contributed by atoms with Crippen molar-refractivity contribution >= 4 is 34.5 Å². The lowest BCUT2D eigenvalue weighted by Crippen LogP contribution is -2.31. The van der Waals surface area contributed by atoms with Gasteiger partial charge in [0.25, 0.3) is 5.91 Å². The molecule has 9 nitrogen and oxygen atoms in total. The largest absolute Gasteiger partial charge is 0.493 e. The normalized spacial score (nSPS) is 13.1. The zero-order valence-corrected chi connectivity index (χ0v) is 21.9. The molecular formula is C28H31N3O6. The van der Waals surface area contributed by atoms with E-state index in [1.54, 1.807) is 36.1 Å². The van der Waals surface area contributed by atoms with Gasteiger partial charge in [0.1, 0.15) is 28.5 Å². The van der Waals surface area contributed by atoms with Crippen LogP contribution in [0.3, 0.4) is 0 Å². The third kappa shape index (κ3) is 4.45. The summed E-state index contributed by atoms with van der Waals surface area (Å²) in [6, 6.07) is 6.68. The van der Waals surface area contributed by atoms with Gasteiger partial charge >= 0.3 is 5.97 Å². The van der Waals surface area contributed by atoms with Gasteiger partial charge in [-0.2, -0.15) is 0 Å². The molecule has 4 rings (SSSR count). The number of amides is 1. The number of carbonyl (C=O) groups is 3. The SMILES string of the molecule is CCOc1cc2c(cc1C(=O)NC)C(=N)N(CC(=O)c1ccc3oc(C)c(C(=O)O)c3c1C(C)(C)C)C2. The molecule has 0 aliphatic carbocycles. The molecule has 0 saturated heterocycles. The van der Waals surface area contributed by atoms with Gasteiger partial charge in [-0.15, -0.1) is 0 Å². The molecule has 2 heterocycles. The van der Waals surface area contributed by atoms with Crippen LogP contribution >= 0.6 is 0 Å². The Hall–Kier alpha value is -4.14. The number of hydrogen-bond acceptors (Lipinski definition) is 6. The quantitative estimate of drug-likeness (QED) is 0.402. The predicted octanol–water partition coefficient (Wildman–Crippen LogP) is 4.52. The van der Waals surface area contributed by atoms with Crippen LogP contribution in [0.15, 0.2) is 28.7 Å². The smallest absolute Gasteiger partial charge is 0.339 e. The highest BCUT2D eigenvalue weighted by Crippen LogP contribution is 2.38. The minimum atomic E-state index is -1.11. The molecule has 3 N–H and O–H groups in total. The molecule has 2 aromatic carbocycles. The molecular weight excluding hydrogens is 474 g/mol. The van der Waals surface area contributed by atoms with Crippen LogP contribution in [0.2, 0.25) is 0 Å². The maximum absolute atomic E-state index is 13.7. The number of rotatable bonds is 7. The summed E-state index contributed by atoms with van der Waals surface area (Å²) in [7, 11) is 1.53. The van der Waals surface area contributed by atoms with Crippen molar-refractivity contribution in [3.63, 3.8) is 0 Å². The average Bonchev–Trinajstić information content (AvgIpc) is 3.32. The van der Waals surface area contributed by atoms with E-state index in [1.807, 2.05) is 27.7 Å². The second-order valence-corrected chi connectivity index (χ2v) is 10.1. The summed E-state index contributed by atoms with van der Waals surface area (Å²) in [6.07, 6.45) is 0. The molecule has 0 fully saturated rings. The van der Waals surface area contributed by atoms with Crippen molar-refractivity contribution in [2.75, 3.05) is 20.2 Å². The number of ether oxygens (including phenoxy) is 1. The summed E-state index contributed by atoms with van der Waals surface area (Å²) in [5.74, 6) is -0.817. The van der Waals surface area contributed by atoms with Crippen molar-refractivity contribution in [2.24, 2.45) is 0 Å². The van der Waals surface area contributed by atoms with Crippen molar-refractivity contribution in [1.29, 1.82) is 5.41 Å². The number of hydrogen-bond donors (Lipinski definition) is 3. The molecule has 37 heavy (non-hydrogen) atoms. The van der Waals surface area contributed by atoms with Crippen LogP contribution in [-0.4, -0.2) is 53.7 Å². The Bertz CT molecular complexity index is 1460. The van der Waals surface area contributed by atoms with Crippen molar-refractivity contribution in [3.8, 4) is 5.75 Å². The van der Waals surface area contributed by atoms with Crippen LogP contribution in [0.25, 0.3) is 11.0 Å². The topological polar surface area (TPSA) is 133 Å². The zero-order chi connectivity index (χ0) is 27.2. The Morgan fingerprint density at radius 2 is 1.89 bits per heavy atom. The highest BCUT2D eigenvalue weighted by Gasteiger charge is 2.33. The Morgan fingerprint density at radius 3 is 2.49 bits per heavy atom. The number of nitrogens with one attached hydrogen (secondary N) is 2. The molecule has 0 radical (unpaired) electrons. The Labute approximate surface area is 214 Å². The number of nitrogens with zero attached hydrogens (tertiary/aromatic N) is 1. The third-order valence-electron chi connectivity index (χ3n) is 6.54. The van der Waals surface area contributed by atoms with Crippen molar-refractivity contribution in [3.05, 3.63) is 63.4 Å². The maximum atomic E-state index is 13.7. The highest BCUT2D eigenvalue weighted by molar-refractivity contribution is 6.12. The minimum absolute atomic E-state index is 0.0566. The van der Waals surface area contributed by atoms with E-state index in [4.69, 9.17) is 14.6 Å². The molecule has 0 atom stereocenters. The van der Waals surface area contributed by atoms with Gasteiger partial charge in [0.15, 0.2) is 5.78 Å². The number of furan rings is 1. The van der Waals surface area contributed by atoms with E-state index in [-0.39, 0.29) is 35.4 Å². The van der Waals surface area contributed by atoms with Gasteiger partial charge < -0.3 is 24.5 Å². The van der Waals surface area contributed by atoms with E-state index in [9.17, 15) is 19.5 Å². The first-order valence-electron chi connectivity index (χ1n) is 12.1. The van der Waals surface area contributed by atoms with Gasteiger partial charge in [-0.3, -0.25) is 15.0 Å². The standard InChI is InChI=1S/C28H31N3O6/c1-7-36-21-10-15-12-31(25(29)17(15)11-18(21)26(33)30-6)13-19(32)16-8-9-20-23(24(16)28(3,4)5)22(27(34)35)14(2)37-20/h8-11,29H,7,12-13H2,1-6H3,(H,30,33)(H,34,35). The summed E-state index contributed by atoms with van der Waals surface area (Å²) in [5, 5.41) is 21.6. The fourth-order valence-electron chi connectivity index (χ4n) is 4.99. The molecule has 194 valence electrons. The molecule has 1 aliphatic heterocycles. The molecule has 1 amide bonds. The van der Waals surface area contributed by atoms with E-state index >= 15 is 0 Å². The summed E-state index contributed by atoms with van der Waals surface area (Å²) in [6.45, 7) is 9.82. The van der Waals surface area contributed by atoms with E-state index < -0.39 is 11.4 Å². The van der Waals surface area contributed by atoms with E-state index in [1.165, 1.54) is 7.05 Å². The minimum Gasteiger partial charge on any atom is -0.493 e. The molecule has 9 heteroatoms. The summed E-state index contributed by atoms with van der Waals surface area (Å²) < 4.78 is 11.4. The molecule has 1 aliphatic rings. The number of carbonyl (C=O) groups excluding carboxylic acids is 2. The number of Topliss-reactive ketones (excluding diaryl/α,β-unsaturated/α-hetero) is 1. The number of carboxylic acid groups (broad SMARTS) is 1. The summed E-state index contributed by atoms with van der Waals surface area (Å²) >= 11 is 0. The van der Waals surface area contributed by atoms with Crippen LogP contribution in [0.1, 0.15) is 81.2 Å². The lowest BCUT2D eigenvalue weighted by molar-refractivity contribution is 0.0696. The summed E-state index contributed by atoms with van der Waals surface area (Å²) in [5.41, 5.74) is 2.61. The number of carboxylic acids is 1. The van der Waals surface area contributed by atoms with Gasteiger partial charge in [0.05, 0.1) is 18.7 Å². The van der Waals surface area contributed by atoms with Crippen LogP contribution in [0.5, 0.6) is 5.75 Å². The van der Waals surface area contributed by atoms with E-state index in [2.05, 4.69) is 5.32 Å². The second-order valence-electron chi connectivity index (χ2n) is 10.1. The van der Waals surface area contributed by atoms with Crippen molar-refractivity contribution < 1.29 is 28.6 Å². The molecule has 0 spiro atoms. The number of amidine groups is 1. The fourth-order valence-corrected chi connectivity index (χ4v) is 4.99.